The SMILES string of the molecule is CC(CCCO)C(=O)n1c(=O)oc2ccccc21. The Kier molecular flexibility index (Phi) is 3.62. The zero-order valence-electron chi connectivity index (χ0n) is 10.1. The second kappa shape index (κ2) is 5.18. The Balaban J connectivity index is 2.38. The molecular formula is C13H15NO4. The molecule has 0 amide bonds. The third-order valence-corrected chi connectivity index (χ3v) is 2.92. The molecule has 0 fully saturated rings. The van der Waals surface area contributed by atoms with E-state index >= 15 is 0 Å². The predicted octanol–water partition coefficient (Wildman–Crippen LogP) is 1.64. The molecule has 2 aromatic rings. The second-order valence-corrected chi connectivity index (χ2v) is 4.28. The van der Waals surface area contributed by atoms with Gasteiger partial charge in [0.05, 0.1) is 5.52 Å². The highest BCUT2D eigenvalue weighted by molar-refractivity contribution is 5.90. The molecule has 0 aliphatic rings. The number of aromatic nitrogens is 1. The zero-order chi connectivity index (χ0) is 13.1. The van der Waals surface area contributed by atoms with Crippen molar-refractivity contribution in [2.45, 2.75) is 19.8 Å². The van der Waals surface area contributed by atoms with E-state index in [9.17, 15) is 9.59 Å². The Hall–Kier alpha value is -1.88. The Morgan fingerprint density at radius 2 is 2.17 bits per heavy atom. The third kappa shape index (κ3) is 2.22. The molecule has 2 rings (SSSR count). The number of oxazole rings is 1. The fourth-order valence-corrected chi connectivity index (χ4v) is 1.92. The molecule has 0 aliphatic carbocycles. The fourth-order valence-electron chi connectivity index (χ4n) is 1.92. The van der Waals surface area contributed by atoms with E-state index in [1.807, 2.05) is 0 Å². The van der Waals surface area contributed by atoms with Crippen LogP contribution in [0.5, 0.6) is 0 Å². The Labute approximate surface area is 104 Å². The fraction of sp³-hybridized carbons (Fsp3) is 0.385. The van der Waals surface area contributed by atoms with Gasteiger partial charge in [-0.1, -0.05) is 19.1 Å². The number of para-hydroxylation sites is 2. The Morgan fingerprint density at radius 3 is 2.89 bits per heavy atom. The van der Waals surface area contributed by atoms with Crippen LogP contribution in [0.25, 0.3) is 11.1 Å². The largest absolute Gasteiger partial charge is 0.426 e. The lowest BCUT2D eigenvalue weighted by atomic mass is 10.1. The van der Waals surface area contributed by atoms with Gasteiger partial charge < -0.3 is 9.52 Å². The van der Waals surface area contributed by atoms with Crippen molar-refractivity contribution in [1.29, 1.82) is 0 Å². The molecule has 1 unspecified atom stereocenters. The molecule has 5 heteroatoms. The molecule has 0 radical (unpaired) electrons. The maximum absolute atomic E-state index is 12.2. The van der Waals surface area contributed by atoms with Crippen LogP contribution in [-0.4, -0.2) is 22.2 Å². The zero-order valence-corrected chi connectivity index (χ0v) is 10.1. The molecule has 1 aromatic carbocycles. The number of hydrogen-bond donors (Lipinski definition) is 1. The topological polar surface area (TPSA) is 72.4 Å². The number of fused-ring (bicyclic) bond motifs is 1. The van der Waals surface area contributed by atoms with E-state index in [4.69, 9.17) is 9.52 Å². The van der Waals surface area contributed by atoms with Crippen LogP contribution in [0.15, 0.2) is 33.5 Å². The first-order valence-electron chi connectivity index (χ1n) is 5.91. The summed E-state index contributed by atoms with van der Waals surface area (Å²) in [7, 11) is 0. The highest BCUT2D eigenvalue weighted by Crippen LogP contribution is 2.15. The first-order valence-corrected chi connectivity index (χ1v) is 5.91. The minimum absolute atomic E-state index is 0.0403. The molecule has 96 valence electrons. The lowest BCUT2D eigenvalue weighted by Crippen LogP contribution is -2.27. The van der Waals surface area contributed by atoms with Crippen LogP contribution in [-0.2, 0) is 0 Å². The molecule has 0 saturated heterocycles. The van der Waals surface area contributed by atoms with Gasteiger partial charge in [0.1, 0.15) is 0 Å². The Bertz CT molecular complexity index is 611. The van der Waals surface area contributed by atoms with Gasteiger partial charge >= 0.3 is 5.76 Å². The first kappa shape index (κ1) is 12.6. The second-order valence-electron chi connectivity index (χ2n) is 4.28. The van der Waals surface area contributed by atoms with Gasteiger partial charge in [0, 0.05) is 12.5 Å². The summed E-state index contributed by atoms with van der Waals surface area (Å²) in [5, 5.41) is 8.76. The van der Waals surface area contributed by atoms with Gasteiger partial charge in [0.15, 0.2) is 5.58 Å². The number of nitrogens with zero attached hydrogens (tertiary/aromatic N) is 1. The maximum atomic E-state index is 12.2. The summed E-state index contributed by atoms with van der Waals surface area (Å²) in [6, 6.07) is 6.82. The van der Waals surface area contributed by atoms with Gasteiger partial charge in [0.2, 0.25) is 5.91 Å². The lowest BCUT2D eigenvalue weighted by molar-refractivity contribution is 0.0829. The number of aliphatic hydroxyl groups excluding tert-OH is 1. The van der Waals surface area contributed by atoms with Crippen LogP contribution in [0.1, 0.15) is 24.6 Å². The van der Waals surface area contributed by atoms with Crippen molar-refractivity contribution >= 4 is 17.0 Å². The van der Waals surface area contributed by atoms with Crippen LogP contribution in [0.3, 0.4) is 0 Å². The van der Waals surface area contributed by atoms with Crippen molar-refractivity contribution in [1.82, 2.24) is 4.57 Å². The molecule has 0 bridgehead atoms. The van der Waals surface area contributed by atoms with Crippen LogP contribution >= 0.6 is 0 Å². The van der Waals surface area contributed by atoms with Crippen molar-refractivity contribution in [3.63, 3.8) is 0 Å². The molecule has 0 spiro atoms. The summed E-state index contributed by atoms with van der Waals surface area (Å²) in [4.78, 5) is 23.9. The average Bonchev–Trinajstić information content (AvgIpc) is 2.70. The quantitative estimate of drug-likeness (QED) is 0.894. The standard InChI is InChI=1S/C13H15NO4/c1-9(5-4-8-15)12(16)14-10-6-2-3-7-11(10)18-13(14)17/h2-3,6-7,9,15H,4-5,8H2,1H3. The molecule has 1 N–H and O–H groups in total. The maximum Gasteiger partial charge on any atom is 0.426 e. The summed E-state index contributed by atoms with van der Waals surface area (Å²) >= 11 is 0. The number of rotatable bonds is 4. The van der Waals surface area contributed by atoms with Gasteiger partial charge in [-0.25, -0.2) is 9.36 Å². The number of aliphatic hydroxyl groups is 1. The van der Waals surface area contributed by atoms with E-state index in [0.717, 1.165) is 4.57 Å². The van der Waals surface area contributed by atoms with E-state index in [-0.39, 0.29) is 18.4 Å². The van der Waals surface area contributed by atoms with Crippen molar-refractivity contribution in [3.8, 4) is 0 Å². The van der Waals surface area contributed by atoms with Crippen LogP contribution in [0, 0.1) is 5.92 Å². The molecule has 18 heavy (non-hydrogen) atoms. The van der Waals surface area contributed by atoms with Crippen molar-refractivity contribution < 1.29 is 14.3 Å². The summed E-state index contributed by atoms with van der Waals surface area (Å²) in [5.41, 5.74) is 0.897. The van der Waals surface area contributed by atoms with Gasteiger partial charge in [-0.15, -0.1) is 0 Å². The molecular weight excluding hydrogens is 234 g/mol. The molecule has 5 nitrogen and oxygen atoms in total. The van der Waals surface area contributed by atoms with E-state index in [0.29, 0.717) is 23.9 Å². The van der Waals surface area contributed by atoms with Crippen molar-refractivity contribution in [2.24, 2.45) is 5.92 Å². The van der Waals surface area contributed by atoms with E-state index in [2.05, 4.69) is 0 Å². The summed E-state index contributed by atoms with van der Waals surface area (Å²) in [5.74, 6) is -1.27. The highest BCUT2D eigenvalue weighted by atomic mass is 16.4. The average molecular weight is 249 g/mol. The van der Waals surface area contributed by atoms with E-state index in [1.54, 1.807) is 31.2 Å². The van der Waals surface area contributed by atoms with Crippen LogP contribution < -0.4 is 5.76 Å². The summed E-state index contributed by atoms with van der Waals surface area (Å²) in [6.07, 6.45) is 1.08. The molecule has 0 saturated carbocycles. The number of hydrogen-bond acceptors (Lipinski definition) is 4. The van der Waals surface area contributed by atoms with Crippen molar-refractivity contribution in [2.75, 3.05) is 6.61 Å². The molecule has 1 aromatic heterocycles. The normalized spacial score (nSPS) is 12.8. The number of carbonyl (C=O) groups is 1. The monoisotopic (exact) mass is 249 g/mol. The highest BCUT2D eigenvalue weighted by Gasteiger charge is 2.20. The van der Waals surface area contributed by atoms with E-state index < -0.39 is 5.76 Å². The number of benzene rings is 1. The third-order valence-electron chi connectivity index (χ3n) is 2.92. The molecule has 0 aliphatic heterocycles. The predicted molar refractivity (Wildman–Crippen MR) is 66.6 cm³/mol. The number of carbonyl (C=O) groups excluding carboxylic acids is 1. The smallest absolute Gasteiger partial charge is 0.407 e. The summed E-state index contributed by atoms with van der Waals surface area (Å²) < 4.78 is 6.08. The van der Waals surface area contributed by atoms with Gasteiger partial charge in [-0.05, 0) is 25.0 Å². The van der Waals surface area contributed by atoms with Crippen LogP contribution in [0.4, 0.5) is 0 Å². The first-order chi connectivity index (χ1) is 8.65. The molecule has 1 heterocycles. The Morgan fingerprint density at radius 1 is 1.44 bits per heavy atom. The van der Waals surface area contributed by atoms with Gasteiger partial charge in [-0.2, -0.15) is 0 Å². The van der Waals surface area contributed by atoms with Gasteiger partial charge in [-0.3, -0.25) is 4.79 Å². The van der Waals surface area contributed by atoms with Crippen molar-refractivity contribution in [3.05, 3.63) is 34.8 Å². The van der Waals surface area contributed by atoms with Gasteiger partial charge in [0.25, 0.3) is 0 Å². The minimum Gasteiger partial charge on any atom is -0.407 e. The lowest BCUT2D eigenvalue weighted by Gasteiger charge is -2.09. The van der Waals surface area contributed by atoms with E-state index in [1.165, 1.54) is 0 Å². The molecule has 1 atom stereocenters. The summed E-state index contributed by atoms with van der Waals surface area (Å²) in [6.45, 7) is 1.78. The van der Waals surface area contributed by atoms with Crippen LogP contribution in [0.2, 0.25) is 0 Å². The minimum atomic E-state index is -0.656.